The van der Waals surface area contributed by atoms with Gasteiger partial charge in [-0.2, -0.15) is 0 Å². The van der Waals surface area contributed by atoms with E-state index in [1.54, 1.807) is 17.4 Å². The van der Waals surface area contributed by atoms with Crippen LogP contribution in [0, 0.1) is 0 Å². The molecule has 2 aromatic heterocycles. The van der Waals surface area contributed by atoms with Gasteiger partial charge in [0, 0.05) is 24.9 Å². The van der Waals surface area contributed by atoms with E-state index in [1.165, 1.54) is 11.8 Å². The number of furan rings is 1. The molecule has 0 saturated heterocycles. The van der Waals surface area contributed by atoms with Gasteiger partial charge in [0.2, 0.25) is 0 Å². The van der Waals surface area contributed by atoms with Crippen molar-refractivity contribution >= 4 is 23.0 Å². The Morgan fingerprint density at radius 2 is 2.18 bits per heavy atom. The molecule has 0 aliphatic heterocycles. The molecule has 0 spiro atoms. The zero-order chi connectivity index (χ0) is 12.4. The highest BCUT2D eigenvalue weighted by Crippen LogP contribution is 2.29. The van der Waals surface area contributed by atoms with Gasteiger partial charge in [-0.3, -0.25) is 4.79 Å². The zero-order valence-electron chi connectivity index (χ0n) is 10.1. The third-order valence-corrected chi connectivity index (χ3v) is 3.86. The molecule has 2 heterocycles. The molecule has 1 atom stereocenters. The number of hydrogen-bond donors (Lipinski definition) is 0. The van der Waals surface area contributed by atoms with E-state index >= 15 is 0 Å². The molecule has 0 fully saturated rings. The third-order valence-electron chi connectivity index (χ3n) is 2.82. The molecular formula is C13H15NO2S. The Labute approximate surface area is 105 Å². The summed E-state index contributed by atoms with van der Waals surface area (Å²) in [7, 11) is 1.97. The second-order valence-corrected chi connectivity index (χ2v) is 4.98. The number of carbonyl (C=O) groups is 1. The summed E-state index contributed by atoms with van der Waals surface area (Å²) in [5.74, 6) is 1.08. The van der Waals surface area contributed by atoms with Crippen LogP contribution in [0.2, 0.25) is 0 Å². The van der Waals surface area contributed by atoms with E-state index in [9.17, 15) is 4.79 Å². The van der Waals surface area contributed by atoms with E-state index in [1.807, 2.05) is 24.1 Å². The lowest BCUT2D eigenvalue weighted by atomic mass is 10.2. The summed E-state index contributed by atoms with van der Waals surface area (Å²) in [5.41, 5.74) is 0. The van der Waals surface area contributed by atoms with Gasteiger partial charge in [-0.1, -0.05) is 6.07 Å². The van der Waals surface area contributed by atoms with E-state index in [2.05, 4.69) is 18.4 Å². The van der Waals surface area contributed by atoms with E-state index in [0.29, 0.717) is 5.76 Å². The van der Waals surface area contributed by atoms with Gasteiger partial charge in [0.05, 0.1) is 6.04 Å². The summed E-state index contributed by atoms with van der Waals surface area (Å²) < 4.78 is 5.51. The number of ketones is 1. The molecule has 2 rings (SSSR count). The number of hydrogen-bond acceptors (Lipinski definition) is 4. The van der Waals surface area contributed by atoms with Crippen molar-refractivity contribution in [3.63, 3.8) is 0 Å². The summed E-state index contributed by atoms with van der Waals surface area (Å²) in [6, 6.07) is 7.92. The summed E-state index contributed by atoms with van der Waals surface area (Å²) in [6.45, 7) is 3.62. The first-order valence-electron chi connectivity index (χ1n) is 5.46. The molecule has 0 N–H and O–H groups in total. The van der Waals surface area contributed by atoms with Gasteiger partial charge < -0.3 is 9.32 Å². The van der Waals surface area contributed by atoms with E-state index in [4.69, 9.17) is 4.42 Å². The standard InChI is InChI=1S/C13H15NO2S/c1-9(12-5-4-8-17-12)14(3)13-7-6-11(16-13)10(2)15/h4-9H,1-3H3. The van der Waals surface area contributed by atoms with Gasteiger partial charge in [0.15, 0.2) is 17.4 Å². The van der Waals surface area contributed by atoms with E-state index in [-0.39, 0.29) is 11.8 Å². The average Bonchev–Trinajstić information content (AvgIpc) is 2.97. The van der Waals surface area contributed by atoms with Crippen LogP contribution in [0.1, 0.15) is 35.3 Å². The van der Waals surface area contributed by atoms with Gasteiger partial charge in [-0.15, -0.1) is 11.3 Å². The molecule has 0 aromatic carbocycles. The number of carbonyl (C=O) groups excluding carboxylic acids is 1. The largest absolute Gasteiger partial charge is 0.437 e. The van der Waals surface area contributed by atoms with Crippen molar-refractivity contribution in [2.24, 2.45) is 0 Å². The average molecular weight is 249 g/mol. The molecule has 0 amide bonds. The number of anilines is 1. The smallest absolute Gasteiger partial charge is 0.196 e. The molecule has 1 unspecified atom stereocenters. The van der Waals surface area contributed by atoms with Crippen LogP contribution in [0.15, 0.2) is 34.1 Å². The van der Waals surface area contributed by atoms with Crippen LogP contribution in [0.3, 0.4) is 0 Å². The quantitative estimate of drug-likeness (QED) is 0.774. The summed E-state index contributed by atoms with van der Waals surface area (Å²) in [4.78, 5) is 14.5. The topological polar surface area (TPSA) is 33.5 Å². The number of nitrogens with zero attached hydrogens (tertiary/aromatic N) is 1. The Hall–Kier alpha value is -1.55. The fourth-order valence-electron chi connectivity index (χ4n) is 1.62. The lowest BCUT2D eigenvalue weighted by molar-refractivity contribution is 0.0987. The second-order valence-electron chi connectivity index (χ2n) is 4.00. The Balaban J connectivity index is 2.19. The molecular weight excluding hydrogens is 234 g/mol. The maximum absolute atomic E-state index is 11.2. The SMILES string of the molecule is CC(=O)c1ccc(N(C)C(C)c2cccs2)o1. The highest BCUT2D eigenvalue weighted by molar-refractivity contribution is 7.10. The van der Waals surface area contributed by atoms with Gasteiger partial charge in [0.1, 0.15) is 0 Å². The maximum atomic E-state index is 11.2. The first-order chi connectivity index (χ1) is 8.09. The molecule has 2 aromatic rings. The number of rotatable bonds is 4. The molecule has 4 heteroatoms. The number of thiophene rings is 1. The van der Waals surface area contributed by atoms with E-state index in [0.717, 1.165) is 5.88 Å². The van der Waals surface area contributed by atoms with Crippen molar-refractivity contribution in [2.75, 3.05) is 11.9 Å². The highest BCUT2D eigenvalue weighted by atomic mass is 32.1. The fraction of sp³-hybridized carbons (Fsp3) is 0.308. The van der Waals surface area contributed by atoms with Gasteiger partial charge in [-0.05, 0) is 24.4 Å². The minimum absolute atomic E-state index is 0.0478. The van der Waals surface area contributed by atoms with E-state index < -0.39 is 0 Å². The van der Waals surface area contributed by atoms with Crippen molar-refractivity contribution in [2.45, 2.75) is 19.9 Å². The molecule has 90 valence electrons. The van der Waals surface area contributed by atoms with Crippen LogP contribution in [0.5, 0.6) is 0 Å². The Bertz CT molecular complexity index is 501. The summed E-state index contributed by atoms with van der Waals surface area (Å²) >= 11 is 1.72. The van der Waals surface area contributed by atoms with Crippen LogP contribution in [0.4, 0.5) is 5.88 Å². The van der Waals surface area contributed by atoms with Crippen molar-refractivity contribution < 1.29 is 9.21 Å². The van der Waals surface area contributed by atoms with Crippen molar-refractivity contribution in [3.05, 3.63) is 40.3 Å². The van der Waals surface area contributed by atoms with Crippen LogP contribution >= 0.6 is 11.3 Å². The van der Waals surface area contributed by atoms with Crippen LogP contribution in [0.25, 0.3) is 0 Å². The summed E-state index contributed by atoms with van der Waals surface area (Å²) in [5, 5.41) is 2.06. The Morgan fingerprint density at radius 3 is 2.71 bits per heavy atom. The minimum Gasteiger partial charge on any atom is -0.437 e. The maximum Gasteiger partial charge on any atom is 0.196 e. The highest BCUT2D eigenvalue weighted by Gasteiger charge is 2.17. The van der Waals surface area contributed by atoms with Gasteiger partial charge >= 0.3 is 0 Å². The van der Waals surface area contributed by atoms with Gasteiger partial charge in [0.25, 0.3) is 0 Å². The Kier molecular flexibility index (Phi) is 3.33. The first kappa shape index (κ1) is 11.9. The van der Waals surface area contributed by atoms with Crippen LogP contribution in [-0.2, 0) is 0 Å². The predicted octanol–water partition coefficient (Wildman–Crippen LogP) is 3.74. The first-order valence-corrected chi connectivity index (χ1v) is 6.34. The lowest BCUT2D eigenvalue weighted by Crippen LogP contribution is -2.20. The zero-order valence-corrected chi connectivity index (χ0v) is 11.0. The predicted molar refractivity (Wildman–Crippen MR) is 69.8 cm³/mol. The monoisotopic (exact) mass is 249 g/mol. The van der Waals surface area contributed by atoms with Gasteiger partial charge in [-0.25, -0.2) is 0 Å². The van der Waals surface area contributed by atoms with Crippen LogP contribution < -0.4 is 4.90 Å². The van der Waals surface area contributed by atoms with Crippen molar-refractivity contribution in [1.29, 1.82) is 0 Å². The van der Waals surface area contributed by atoms with Crippen molar-refractivity contribution in [3.8, 4) is 0 Å². The Morgan fingerprint density at radius 1 is 1.41 bits per heavy atom. The molecule has 0 saturated carbocycles. The number of Topliss-reactive ketones (excluding diaryl/α,β-unsaturated/α-hetero) is 1. The lowest BCUT2D eigenvalue weighted by Gasteiger charge is -2.23. The van der Waals surface area contributed by atoms with Crippen molar-refractivity contribution in [1.82, 2.24) is 0 Å². The fourth-order valence-corrected chi connectivity index (χ4v) is 2.44. The summed E-state index contributed by atoms with van der Waals surface area (Å²) in [6.07, 6.45) is 0. The molecule has 17 heavy (non-hydrogen) atoms. The molecule has 0 bridgehead atoms. The molecule has 0 radical (unpaired) electrons. The third kappa shape index (κ3) is 2.42. The van der Waals surface area contributed by atoms with Crippen LogP contribution in [-0.4, -0.2) is 12.8 Å². The molecule has 3 nitrogen and oxygen atoms in total. The normalized spacial score (nSPS) is 12.4. The molecule has 0 aliphatic carbocycles. The minimum atomic E-state index is -0.0478. The second kappa shape index (κ2) is 4.75. The molecule has 0 aliphatic rings.